The van der Waals surface area contributed by atoms with E-state index in [1.807, 2.05) is 38.1 Å². The number of amides is 1. The maximum atomic E-state index is 11.5. The van der Waals surface area contributed by atoms with E-state index in [0.29, 0.717) is 6.42 Å². The second kappa shape index (κ2) is 6.52. The van der Waals surface area contributed by atoms with Crippen molar-refractivity contribution in [3.8, 4) is 0 Å². The number of para-hydroxylation sites is 1. The zero-order chi connectivity index (χ0) is 14.5. The van der Waals surface area contributed by atoms with E-state index < -0.39 is 0 Å². The quantitative estimate of drug-likeness (QED) is 0.889. The number of likely N-dealkylation sites (N-methyl/N-ethyl adjacent to an activating group) is 1. The molecule has 1 aromatic heterocycles. The fourth-order valence-corrected chi connectivity index (χ4v) is 2.90. The summed E-state index contributed by atoms with van der Waals surface area (Å²) in [6.45, 7) is 4.78. The van der Waals surface area contributed by atoms with Gasteiger partial charge in [0, 0.05) is 17.6 Å². The molecule has 0 unspecified atom stereocenters. The summed E-state index contributed by atoms with van der Waals surface area (Å²) in [4.78, 5) is 17.2. The highest BCUT2D eigenvalue weighted by atomic mass is 32.1. The molecule has 0 atom stereocenters. The Morgan fingerprint density at radius 3 is 2.70 bits per heavy atom. The van der Waals surface area contributed by atoms with Crippen LogP contribution in [0.5, 0.6) is 0 Å². The number of rotatable bonds is 5. The Kier molecular flexibility index (Phi) is 4.74. The molecule has 20 heavy (non-hydrogen) atoms. The molecule has 1 heterocycles. The Bertz CT molecular complexity index is 607. The first-order chi connectivity index (χ1) is 9.60. The average Bonchev–Trinajstić information content (AvgIpc) is 2.76. The standard InChI is InChI=1S/C15H19N3OS/c1-10-14(20-11(2)18-10)9-17-13-7-5-4-6-12(13)8-15(19)16-3/h4-7,17H,8-9H2,1-3H3,(H,16,19). The summed E-state index contributed by atoms with van der Waals surface area (Å²) in [7, 11) is 1.65. The van der Waals surface area contributed by atoms with Crippen LogP contribution in [0.4, 0.5) is 5.69 Å². The third-order valence-electron chi connectivity index (χ3n) is 3.09. The van der Waals surface area contributed by atoms with Crippen molar-refractivity contribution in [2.24, 2.45) is 0 Å². The lowest BCUT2D eigenvalue weighted by molar-refractivity contribution is -0.119. The second-order valence-corrected chi connectivity index (χ2v) is 5.89. The highest BCUT2D eigenvalue weighted by Gasteiger charge is 2.08. The molecule has 0 spiro atoms. The fraction of sp³-hybridized carbons (Fsp3) is 0.333. The van der Waals surface area contributed by atoms with Gasteiger partial charge >= 0.3 is 0 Å². The molecule has 2 rings (SSSR count). The molecule has 0 radical (unpaired) electrons. The van der Waals surface area contributed by atoms with Crippen molar-refractivity contribution in [2.45, 2.75) is 26.8 Å². The topological polar surface area (TPSA) is 54.0 Å². The van der Waals surface area contributed by atoms with E-state index in [-0.39, 0.29) is 5.91 Å². The van der Waals surface area contributed by atoms with E-state index in [0.717, 1.165) is 28.5 Å². The molecule has 0 aliphatic carbocycles. The predicted octanol–water partition coefficient (Wildman–Crippen LogP) is 2.66. The van der Waals surface area contributed by atoms with E-state index in [1.165, 1.54) is 4.88 Å². The molecule has 4 nitrogen and oxygen atoms in total. The summed E-state index contributed by atoms with van der Waals surface area (Å²) in [5.74, 6) is 0.0177. The van der Waals surface area contributed by atoms with E-state index in [2.05, 4.69) is 15.6 Å². The number of carbonyl (C=O) groups excluding carboxylic acids is 1. The summed E-state index contributed by atoms with van der Waals surface area (Å²) in [5.41, 5.74) is 3.08. The van der Waals surface area contributed by atoms with Gasteiger partial charge in [0.25, 0.3) is 0 Å². The van der Waals surface area contributed by atoms with Crippen LogP contribution in [-0.4, -0.2) is 17.9 Å². The number of aryl methyl sites for hydroxylation is 2. The zero-order valence-electron chi connectivity index (χ0n) is 12.0. The molecule has 1 aromatic carbocycles. The SMILES string of the molecule is CNC(=O)Cc1ccccc1NCc1sc(C)nc1C. The summed E-state index contributed by atoms with van der Waals surface area (Å²) >= 11 is 1.70. The molecular weight excluding hydrogens is 270 g/mol. The molecule has 2 aromatic rings. The van der Waals surface area contributed by atoms with Crippen molar-refractivity contribution in [1.29, 1.82) is 0 Å². The number of anilines is 1. The Hall–Kier alpha value is -1.88. The van der Waals surface area contributed by atoms with Gasteiger partial charge in [0.05, 0.1) is 23.7 Å². The summed E-state index contributed by atoms with van der Waals surface area (Å²) in [6.07, 6.45) is 0.389. The van der Waals surface area contributed by atoms with Crippen molar-refractivity contribution in [1.82, 2.24) is 10.3 Å². The van der Waals surface area contributed by atoms with Crippen LogP contribution in [0.2, 0.25) is 0 Å². The van der Waals surface area contributed by atoms with E-state index >= 15 is 0 Å². The number of nitrogens with zero attached hydrogens (tertiary/aromatic N) is 1. The van der Waals surface area contributed by atoms with Crippen LogP contribution in [-0.2, 0) is 17.8 Å². The van der Waals surface area contributed by atoms with Crippen molar-refractivity contribution < 1.29 is 4.79 Å². The monoisotopic (exact) mass is 289 g/mol. The largest absolute Gasteiger partial charge is 0.380 e. The Morgan fingerprint density at radius 1 is 1.30 bits per heavy atom. The summed E-state index contributed by atoms with van der Waals surface area (Å²) in [5, 5.41) is 7.14. The maximum absolute atomic E-state index is 11.5. The molecule has 1 amide bonds. The third kappa shape index (κ3) is 3.57. The highest BCUT2D eigenvalue weighted by Crippen LogP contribution is 2.21. The molecule has 0 aliphatic heterocycles. The van der Waals surface area contributed by atoms with E-state index in [9.17, 15) is 4.79 Å². The number of carbonyl (C=O) groups is 1. The number of nitrogens with one attached hydrogen (secondary N) is 2. The minimum atomic E-state index is 0.0177. The average molecular weight is 289 g/mol. The first kappa shape index (κ1) is 14.5. The lowest BCUT2D eigenvalue weighted by Crippen LogP contribution is -2.20. The van der Waals surface area contributed by atoms with E-state index in [4.69, 9.17) is 0 Å². The van der Waals surface area contributed by atoms with Crippen LogP contribution < -0.4 is 10.6 Å². The second-order valence-electron chi connectivity index (χ2n) is 4.60. The third-order valence-corrected chi connectivity index (χ3v) is 4.16. The number of benzene rings is 1. The fourth-order valence-electron chi connectivity index (χ4n) is 2.02. The van der Waals surface area contributed by atoms with Gasteiger partial charge in [-0.05, 0) is 25.5 Å². The highest BCUT2D eigenvalue weighted by molar-refractivity contribution is 7.11. The molecule has 5 heteroatoms. The molecular formula is C15H19N3OS. The Labute approximate surface area is 123 Å². The lowest BCUT2D eigenvalue weighted by atomic mass is 10.1. The molecule has 0 saturated carbocycles. The smallest absolute Gasteiger partial charge is 0.224 e. The van der Waals surface area contributed by atoms with Gasteiger partial charge in [-0.3, -0.25) is 4.79 Å². The zero-order valence-corrected chi connectivity index (χ0v) is 12.8. The van der Waals surface area contributed by atoms with Crippen LogP contribution in [0.15, 0.2) is 24.3 Å². The molecule has 0 fully saturated rings. The van der Waals surface area contributed by atoms with Crippen LogP contribution >= 0.6 is 11.3 Å². The molecule has 0 aliphatic rings. The number of thiazole rings is 1. The van der Waals surface area contributed by atoms with Gasteiger partial charge in [-0.2, -0.15) is 0 Å². The van der Waals surface area contributed by atoms with Crippen LogP contribution in [0, 0.1) is 13.8 Å². The van der Waals surface area contributed by atoms with Crippen molar-refractivity contribution in [2.75, 3.05) is 12.4 Å². The first-order valence-corrected chi connectivity index (χ1v) is 7.37. The minimum Gasteiger partial charge on any atom is -0.380 e. The maximum Gasteiger partial charge on any atom is 0.224 e. The van der Waals surface area contributed by atoms with Gasteiger partial charge in [-0.25, -0.2) is 4.98 Å². The van der Waals surface area contributed by atoms with Crippen molar-refractivity contribution in [3.63, 3.8) is 0 Å². The van der Waals surface area contributed by atoms with Gasteiger partial charge < -0.3 is 10.6 Å². The van der Waals surface area contributed by atoms with Gasteiger partial charge in [0.15, 0.2) is 0 Å². The number of aromatic nitrogens is 1. The van der Waals surface area contributed by atoms with Crippen LogP contribution in [0.25, 0.3) is 0 Å². The summed E-state index contributed by atoms with van der Waals surface area (Å²) < 4.78 is 0. The molecule has 0 saturated heterocycles. The molecule has 106 valence electrons. The summed E-state index contributed by atoms with van der Waals surface area (Å²) in [6, 6.07) is 7.90. The molecule has 2 N–H and O–H groups in total. The van der Waals surface area contributed by atoms with Crippen molar-refractivity contribution in [3.05, 3.63) is 45.4 Å². The Balaban J connectivity index is 2.09. The number of hydrogen-bond acceptors (Lipinski definition) is 4. The van der Waals surface area contributed by atoms with Crippen molar-refractivity contribution >= 4 is 22.9 Å². The minimum absolute atomic E-state index is 0.0177. The lowest BCUT2D eigenvalue weighted by Gasteiger charge is -2.11. The first-order valence-electron chi connectivity index (χ1n) is 6.55. The van der Waals surface area contributed by atoms with Gasteiger partial charge in [-0.1, -0.05) is 18.2 Å². The van der Waals surface area contributed by atoms with Gasteiger partial charge in [-0.15, -0.1) is 11.3 Å². The number of hydrogen-bond donors (Lipinski definition) is 2. The van der Waals surface area contributed by atoms with Gasteiger partial charge in [0.2, 0.25) is 5.91 Å². The Morgan fingerprint density at radius 2 is 2.05 bits per heavy atom. The molecule has 0 bridgehead atoms. The predicted molar refractivity (Wildman–Crippen MR) is 83.1 cm³/mol. The van der Waals surface area contributed by atoms with Crippen LogP contribution in [0.3, 0.4) is 0 Å². The normalized spacial score (nSPS) is 10.3. The van der Waals surface area contributed by atoms with E-state index in [1.54, 1.807) is 18.4 Å². The van der Waals surface area contributed by atoms with Crippen LogP contribution in [0.1, 0.15) is 21.1 Å². The van der Waals surface area contributed by atoms with Gasteiger partial charge in [0.1, 0.15) is 0 Å².